The first kappa shape index (κ1) is 19.5. The van der Waals surface area contributed by atoms with E-state index in [0.717, 1.165) is 5.56 Å². The number of nitrogen functional groups attached to an aromatic ring is 1. The summed E-state index contributed by atoms with van der Waals surface area (Å²) in [6.45, 7) is 1.87. The minimum Gasteiger partial charge on any atom is -0.382 e. The number of hydrogen-bond donors (Lipinski definition) is 2. The number of aromatic nitrogens is 4. The summed E-state index contributed by atoms with van der Waals surface area (Å²) < 4.78 is 14.2. The molecule has 3 heterocycles. The molecule has 0 spiro atoms. The SMILES string of the molecule is C[C@H](Nc1ncnc(N)c1C#N)c1cnc2c(Cl)cc(F)cc2c1-c1ccccn1. The Morgan fingerprint density at radius 2 is 2.03 bits per heavy atom. The van der Waals surface area contributed by atoms with Crippen LogP contribution in [0.15, 0.2) is 49.1 Å². The van der Waals surface area contributed by atoms with Crippen LogP contribution in [-0.2, 0) is 0 Å². The molecule has 0 radical (unpaired) electrons. The van der Waals surface area contributed by atoms with E-state index in [1.165, 1.54) is 18.5 Å². The number of fused-ring (bicyclic) bond motifs is 1. The zero-order chi connectivity index (χ0) is 21.3. The highest BCUT2D eigenvalue weighted by atomic mass is 35.5. The Balaban J connectivity index is 1.91. The third kappa shape index (κ3) is 3.47. The average molecular weight is 420 g/mol. The van der Waals surface area contributed by atoms with Gasteiger partial charge in [-0.3, -0.25) is 9.97 Å². The number of nitriles is 1. The summed E-state index contributed by atoms with van der Waals surface area (Å²) >= 11 is 6.24. The molecule has 0 bridgehead atoms. The van der Waals surface area contributed by atoms with Crippen LogP contribution in [0.25, 0.3) is 22.2 Å². The fourth-order valence-corrected chi connectivity index (χ4v) is 3.52. The highest BCUT2D eigenvalue weighted by Crippen LogP contribution is 2.37. The lowest BCUT2D eigenvalue weighted by molar-refractivity contribution is 0.629. The van der Waals surface area contributed by atoms with Gasteiger partial charge in [-0.25, -0.2) is 14.4 Å². The van der Waals surface area contributed by atoms with Crippen LogP contribution >= 0.6 is 11.6 Å². The Bertz CT molecular complexity index is 1290. The summed E-state index contributed by atoms with van der Waals surface area (Å²) in [7, 11) is 0. The summed E-state index contributed by atoms with van der Waals surface area (Å²) in [5.74, 6) is -0.0981. The second-order valence-corrected chi connectivity index (χ2v) is 6.95. The maximum absolute atomic E-state index is 14.2. The zero-order valence-corrected chi connectivity index (χ0v) is 16.5. The van der Waals surface area contributed by atoms with Gasteiger partial charge < -0.3 is 11.1 Å². The van der Waals surface area contributed by atoms with Crippen molar-refractivity contribution in [3.8, 4) is 17.3 Å². The van der Waals surface area contributed by atoms with Crippen LogP contribution < -0.4 is 11.1 Å². The smallest absolute Gasteiger partial charge is 0.150 e. The van der Waals surface area contributed by atoms with Gasteiger partial charge in [0.25, 0.3) is 0 Å². The minimum absolute atomic E-state index is 0.0811. The normalized spacial score (nSPS) is 11.8. The molecule has 148 valence electrons. The van der Waals surface area contributed by atoms with E-state index in [9.17, 15) is 9.65 Å². The van der Waals surface area contributed by atoms with Crippen molar-refractivity contribution in [1.29, 1.82) is 5.26 Å². The summed E-state index contributed by atoms with van der Waals surface area (Å²) in [6, 6.07) is 9.71. The average Bonchev–Trinajstić information content (AvgIpc) is 2.73. The van der Waals surface area contributed by atoms with Crippen LogP contribution in [0.1, 0.15) is 24.1 Å². The molecule has 0 aliphatic carbocycles. The zero-order valence-electron chi connectivity index (χ0n) is 15.8. The van der Waals surface area contributed by atoms with Crippen molar-refractivity contribution in [1.82, 2.24) is 19.9 Å². The Hall–Kier alpha value is -3.83. The molecule has 4 rings (SSSR count). The third-order valence-corrected chi connectivity index (χ3v) is 4.94. The molecule has 0 fully saturated rings. The maximum atomic E-state index is 14.2. The predicted molar refractivity (Wildman–Crippen MR) is 113 cm³/mol. The van der Waals surface area contributed by atoms with Crippen LogP contribution in [0.5, 0.6) is 0 Å². The van der Waals surface area contributed by atoms with Gasteiger partial charge in [-0.05, 0) is 31.2 Å². The van der Waals surface area contributed by atoms with Crippen molar-refractivity contribution < 1.29 is 4.39 Å². The van der Waals surface area contributed by atoms with Crippen molar-refractivity contribution in [2.45, 2.75) is 13.0 Å². The first-order chi connectivity index (χ1) is 14.5. The van der Waals surface area contributed by atoms with Gasteiger partial charge in [-0.2, -0.15) is 5.26 Å². The molecular formula is C21H15ClFN7. The lowest BCUT2D eigenvalue weighted by Crippen LogP contribution is -2.13. The van der Waals surface area contributed by atoms with Gasteiger partial charge in [-0.15, -0.1) is 0 Å². The first-order valence-corrected chi connectivity index (χ1v) is 9.33. The Labute approximate surface area is 176 Å². The minimum atomic E-state index is -0.473. The number of benzene rings is 1. The van der Waals surface area contributed by atoms with Crippen LogP contribution in [0, 0.1) is 17.1 Å². The van der Waals surface area contributed by atoms with Crippen molar-refractivity contribution in [2.75, 3.05) is 11.1 Å². The standard InChI is InChI=1S/C21H15ClFN7/c1-11(30-21-14(8-24)20(25)28-10-29-21)15-9-27-19-13(6-12(23)7-16(19)22)18(15)17-4-2-3-5-26-17/h2-7,9-11H,1H3,(H3,25,28,29,30)/t11-/m0/s1. The summed E-state index contributed by atoms with van der Waals surface area (Å²) in [5, 5.41) is 13.3. The molecule has 30 heavy (non-hydrogen) atoms. The highest BCUT2D eigenvalue weighted by Gasteiger charge is 2.20. The van der Waals surface area contributed by atoms with Gasteiger partial charge in [0, 0.05) is 28.9 Å². The molecular weight excluding hydrogens is 405 g/mol. The van der Waals surface area contributed by atoms with Gasteiger partial charge >= 0.3 is 0 Å². The lowest BCUT2D eigenvalue weighted by atomic mass is 9.96. The van der Waals surface area contributed by atoms with Crippen molar-refractivity contribution in [2.24, 2.45) is 0 Å². The lowest BCUT2D eigenvalue weighted by Gasteiger charge is -2.20. The van der Waals surface area contributed by atoms with Crippen molar-refractivity contribution >= 4 is 34.1 Å². The number of hydrogen-bond acceptors (Lipinski definition) is 7. The van der Waals surface area contributed by atoms with Crippen LogP contribution in [0.3, 0.4) is 0 Å². The second-order valence-electron chi connectivity index (χ2n) is 6.55. The van der Waals surface area contributed by atoms with Crippen molar-refractivity contribution in [3.63, 3.8) is 0 Å². The van der Waals surface area contributed by atoms with Crippen LogP contribution in [-0.4, -0.2) is 19.9 Å². The van der Waals surface area contributed by atoms with E-state index < -0.39 is 5.82 Å². The van der Waals surface area contributed by atoms with Gasteiger partial charge in [0.05, 0.1) is 22.3 Å². The van der Waals surface area contributed by atoms with E-state index in [-0.39, 0.29) is 22.4 Å². The topological polar surface area (TPSA) is 113 Å². The predicted octanol–water partition coefficient (Wildman–Crippen LogP) is 4.51. The fraction of sp³-hybridized carbons (Fsp3) is 0.0952. The molecule has 0 aliphatic heterocycles. The van der Waals surface area contributed by atoms with E-state index in [1.807, 2.05) is 25.1 Å². The molecule has 0 aliphatic rings. The number of nitrogens with one attached hydrogen (secondary N) is 1. The molecule has 9 heteroatoms. The van der Waals surface area contributed by atoms with E-state index >= 15 is 0 Å². The molecule has 3 aromatic heterocycles. The van der Waals surface area contributed by atoms with Crippen molar-refractivity contribution in [3.05, 3.63) is 71.0 Å². The number of nitrogens with zero attached hydrogens (tertiary/aromatic N) is 5. The maximum Gasteiger partial charge on any atom is 0.150 e. The molecule has 0 amide bonds. The highest BCUT2D eigenvalue weighted by molar-refractivity contribution is 6.35. The number of anilines is 2. The van der Waals surface area contributed by atoms with Gasteiger partial charge in [0.1, 0.15) is 35.4 Å². The molecule has 3 N–H and O–H groups in total. The number of halogens is 2. The Morgan fingerprint density at radius 1 is 1.20 bits per heavy atom. The Kier molecular flexibility index (Phi) is 5.12. The quantitative estimate of drug-likeness (QED) is 0.500. The summed E-state index contributed by atoms with van der Waals surface area (Å²) in [5.41, 5.74) is 8.44. The van der Waals surface area contributed by atoms with Gasteiger partial charge in [-0.1, -0.05) is 17.7 Å². The molecule has 1 atom stereocenters. The third-order valence-electron chi connectivity index (χ3n) is 4.65. The van der Waals surface area contributed by atoms with E-state index in [1.54, 1.807) is 18.5 Å². The summed E-state index contributed by atoms with van der Waals surface area (Å²) in [6.07, 6.45) is 4.59. The molecule has 0 saturated heterocycles. The largest absolute Gasteiger partial charge is 0.382 e. The number of nitrogens with two attached hydrogens (primary N) is 1. The monoisotopic (exact) mass is 419 g/mol. The number of pyridine rings is 2. The second kappa shape index (κ2) is 7.89. The molecule has 1 aromatic carbocycles. The van der Waals surface area contributed by atoms with E-state index in [2.05, 4.69) is 25.3 Å². The fourth-order valence-electron chi connectivity index (χ4n) is 3.27. The van der Waals surface area contributed by atoms with Crippen LogP contribution in [0.2, 0.25) is 5.02 Å². The molecule has 4 aromatic rings. The molecule has 0 saturated carbocycles. The van der Waals surface area contributed by atoms with Crippen LogP contribution in [0.4, 0.5) is 16.0 Å². The number of rotatable bonds is 4. The Morgan fingerprint density at radius 3 is 2.77 bits per heavy atom. The van der Waals surface area contributed by atoms with Gasteiger partial charge in [0.15, 0.2) is 0 Å². The van der Waals surface area contributed by atoms with E-state index in [0.29, 0.717) is 28.0 Å². The molecule has 7 nitrogen and oxygen atoms in total. The first-order valence-electron chi connectivity index (χ1n) is 8.95. The van der Waals surface area contributed by atoms with Gasteiger partial charge in [0.2, 0.25) is 0 Å². The molecule has 0 unspecified atom stereocenters. The summed E-state index contributed by atoms with van der Waals surface area (Å²) in [4.78, 5) is 16.8. The van der Waals surface area contributed by atoms with E-state index in [4.69, 9.17) is 17.3 Å².